The molecule has 0 aromatic rings. The Labute approximate surface area is 241 Å². The van der Waals surface area contributed by atoms with Gasteiger partial charge in [-0.2, -0.15) is 0 Å². The predicted molar refractivity (Wildman–Crippen MR) is 159 cm³/mol. The fraction of sp³-hybridized carbons (Fsp3) is 0.938. The molecule has 0 fully saturated rings. The second-order valence-corrected chi connectivity index (χ2v) is 15.0. The fourth-order valence-electron chi connectivity index (χ4n) is 4.51. The number of rotatable bonds is 30. The van der Waals surface area contributed by atoms with Gasteiger partial charge in [-0.1, -0.05) is 65.2 Å². The van der Waals surface area contributed by atoms with E-state index in [4.69, 9.17) is 9.47 Å². The average Bonchev–Trinajstić information content (AvgIpc) is 2.89. The van der Waals surface area contributed by atoms with Crippen LogP contribution in [0.15, 0.2) is 0 Å². The SMILES string of the molecule is CCCCCCCCCCCC(=O)OCCC[CH2][Sn][CH2]CCCOC(=O)CCCCCCCCCCC. The summed E-state index contributed by atoms with van der Waals surface area (Å²) >= 11 is -0.298. The van der Waals surface area contributed by atoms with E-state index in [1.54, 1.807) is 0 Å². The van der Waals surface area contributed by atoms with Gasteiger partial charge in [0.2, 0.25) is 0 Å². The Balaban J connectivity index is 3.23. The molecule has 0 spiro atoms. The Hall–Kier alpha value is -0.261. The van der Waals surface area contributed by atoms with Crippen LogP contribution in [-0.2, 0) is 19.1 Å². The van der Waals surface area contributed by atoms with Crippen LogP contribution in [0.25, 0.3) is 0 Å². The first-order valence-corrected chi connectivity index (χ1v) is 20.3. The molecule has 218 valence electrons. The van der Waals surface area contributed by atoms with Crippen molar-refractivity contribution < 1.29 is 19.1 Å². The summed E-state index contributed by atoms with van der Waals surface area (Å²) in [4.78, 5) is 23.7. The van der Waals surface area contributed by atoms with Crippen molar-refractivity contribution in [1.82, 2.24) is 0 Å². The Morgan fingerprint density at radius 1 is 0.432 bits per heavy atom. The minimum Gasteiger partial charge on any atom is -0.0654 e. The Kier molecular flexibility index (Phi) is 31.7. The van der Waals surface area contributed by atoms with Crippen LogP contribution in [0.3, 0.4) is 0 Å². The standard InChI is InChI=1S/2C16H31O2.Sn/c2*1-3-5-7-8-9-10-11-12-13-14-16(17)18-15-6-4-2;/h2*2-15H2,1H3;. The summed E-state index contributed by atoms with van der Waals surface area (Å²) in [5, 5.41) is 0. The van der Waals surface area contributed by atoms with Crippen LogP contribution >= 0.6 is 0 Å². The van der Waals surface area contributed by atoms with Gasteiger partial charge in [-0.3, -0.25) is 0 Å². The molecule has 0 aliphatic heterocycles. The normalized spacial score (nSPS) is 11.1. The minimum absolute atomic E-state index is 0.00437. The van der Waals surface area contributed by atoms with E-state index in [0.717, 1.165) is 38.5 Å². The molecule has 0 bridgehead atoms. The van der Waals surface area contributed by atoms with Crippen LogP contribution in [0.2, 0.25) is 8.87 Å². The molecule has 4 nitrogen and oxygen atoms in total. The van der Waals surface area contributed by atoms with Gasteiger partial charge in [0, 0.05) is 0 Å². The number of carbonyl (C=O) groups is 2. The van der Waals surface area contributed by atoms with Gasteiger partial charge in [0.1, 0.15) is 0 Å². The summed E-state index contributed by atoms with van der Waals surface area (Å²) in [7, 11) is 0. The summed E-state index contributed by atoms with van der Waals surface area (Å²) in [5.74, 6) is -0.00873. The molecule has 5 heteroatoms. The zero-order valence-corrected chi connectivity index (χ0v) is 27.8. The van der Waals surface area contributed by atoms with Crippen molar-refractivity contribution in [1.29, 1.82) is 0 Å². The second kappa shape index (κ2) is 32.0. The maximum absolute atomic E-state index is 11.8. The van der Waals surface area contributed by atoms with Crippen molar-refractivity contribution in [3.63, 3.8) is 0 Å². The van der Waals surface area contributed by atoms with Crippen LogP contribution in [0.4, 0.5) is 0 Å². The molecule has 0 aliphatic carbocycles. The smallest absolute Gasteiger partial charge is 0.0654 e. The van der Waals surface area contributed by atoms with E-state index in [0.29, 0.717) is 26.1 Å². The summed E-state index contributed by atoms with van der Waals surface area (Å²) in [6, 6.07) is 0. The predicted octanol–water partition coefficient (Wildman–Crippen LogP) is 10.0. The van der Waals surface area contributed by atoms with Crippen LogP contribution < -0.4 is 0 Å². The van der Waals surface area contributed by atoms with E-state index in [2.05, 4.69) is 13.8 Å². The molecule has 0 aromatic carbocycles. The average molecular weight is 630 g/mol. The molecule has 0 aliphatic rings. The number of hydrogen-bond acceptors (Lipinski definition) is 4. The third-order valence-corrected chi connectivity index (χ3v) is 11.0. The van der Waals surface area contributed by atoms with Crippen molar-refractivity contribution in [2.45, 2.75) is 177 Å². The maximum atomic E-state index is 11.8. The van der Waals surface area contributed by atoms with Crippen molar-refractivity contribution in [2.75, 3.05) is 13.2 Å². The molecular formula is C32H62O4Sn. The zero-order valence-electron chi connectivity index (χ0n) is 24.9. The molecule has 0 aromatic heterocycles. The molecule has 0 N–H and O–H groups in total. The van der Waals surface area contributed by atoms with E-state index in [1.807, 2.05) is 0 Å². The van der Waals surface area contributed by atoms with Crippen molar-refractivity contribution in [3.8, 4) is 0 Å². The first-order valence-electron chi connectivity index (χ1n) is 16.2. The Morgan fingerprint density at radius 3 is 1.11 bits per heavy atom. The van der Waals surface area contributed by atoms with Gasteiger partial charge < -0.3 is 0 Å². The molecule has 0 atom stereocenters. The van der Waals surface area contributed by atoms with Gasteiger partial charge >= 0.3 is 177 Å². The quantitative estimate of drug-likeness (QED) is 0.0451. The molecule has 0 heterocycles. The molecule has 0 saturated carbocycles. The number of carbonyl (C=O) groups excluding carboxylic acids is 2. The zero-order chi connectivity index (χ0) is 27.1. The van der Waals surface area contributed by atoms with Gasteiger partial charge in [0.05, 0.1) is 0 Å². The Bertz CT molecular complexity index is 441. The summed E-state index contributed by atoms with van der Waals surface area (Å²) in [5.41, 5.74) is 0. The van der Waals surface area contributed by atoms with Crippen LogP contribution in [-0.4, -0.2) is 46.3 Å². The van der Waals surface area contributed by atoms with Gasteiger partial charge in [-0.25, -0.2) is 0 Å². The van der Waals surface area contributed by atoms with Crippen molar-refractivity contribution in [3.05, 3.63) is 0 Å². The number of unbranched alkanes of at least 4 members (excludes halogenated alkanes) is 18. The van der Waals surface area contributed by atoms with E-state index < -0.39 is 0 Å². The third-order valence-electron chi connectivity index (χ3n) is 6.99. The number of hydrogen-bond donors (Lipinski definition) is 0. The number of esters is 2. The first kappa shape index (κ1) is 36.7. The van der Waals surface area contributed by atoms with E-state index in [-0.39, 0.29) is 33.1 Å². The molecule has 0 saturated heterocycles. The van der Waals surface area contributed by atoms with E-state index in [9.17, 15) is 9.59 Å². The summed E-state index contributed by atoms with van der Waals surface area (Å²) < 4.78 is 13.5. The molecular weight excluding hydrogens is 567 g/mol. The molecule has 37 heavy (non-hydrogen) atoms. The Morgan fingerprint density at radius 2 is 0.757 bits per heavy atom. The summed E-state index contributed by atoms with van der Waals surface area (Å²) in [6.45, 7) is 5.71. The van der Waals surface area contributed by atoms with Crippen molar-refractivity contribution in [2.24, 2.45) is 0 Å². The molecule has 2 radical (unpaired) electrons. The van der Waals surface area contributed by atoms with Crippen LogP contribution in [0.1, 0.15) is 168 Å². The van der Waals surface area contributed by atoms with Crippen molar-refractivity contribution >= 4 is 33.1 Å². The number of ether oxygens (including phenoxy) is 2. The van der Waals surface area contributed by atoms with E-state index >= 15 is 0 Å². The summed E-state index contributed by atoms with van der Waals surface area (Å²) in [6.07, 6.45) is 28.6. The van der Waals surface area contributed by atoms with Crippen LogP contribution in [0, 0.1) is 0 Å². The third kappa shape index (κ3) is 31.9. The van der Waals surface area contributed by atoms with Gasteiger partial charge in [-0.05, 0) is 0 Å². The molecule has 0 amide bonds. The monoisotopic (exact) mass is 630 g/mol. The fourth-order valence-corrected chi connectivity index (χ4v) is 8.07. The van der Waals surface area contributed by atoms with E-state index in [1.165, 1.54) is 112 Å². The topological polar surface area (TPSA) is 52.6 Å². The van der Waals surface area contributed by atoms with Gasteiger partial charge in [0.15, 0.2) is 0 Å². The second-order valence-electron chi connectivity index (χ2n) is 10.8. The minimum atomic E-state index is -0.298. The van der Waals surface area contributed by atoms with Gasteiger partial charge in [0.25, 0.3) is 0 Å². The molecule has 0 rings (SSSR count). The first-order chi connectivity index (χ1) is 18.2. The van der Waals surface area contributed by atoms with Crippen LogP contribution in [0.5, 0.6) is 0 Å². The van der Waals surface area contributed by atoms with Gasteiger partial charge in [-0.15, -0.1) is 0 Å². The molecule has 0 unspecified atom stereocenters.